The minimum absolute atomic E-state index is 0.329. The molecule has 2 heterocycles. The van der Waals surface area contributed by atoms with E-state index in [-0.39, 0.29) is 0 Å². The van der Waals surface area contributed by atoms with Crippen LogP contribution in [0.25, 0.3) is 11.1 Å². The number of rotatable bonds is 4. The highest BCUT2D eigenvalue weighted by Crippen LogP contribution is 2.24. The molecular weight excluding hydrogens is 360 g/mol. The monoisotopic (exact) mass is 380 g/mol. The second-order valence-corrected chi connectivity index (χ2v) is 8.28. The topological polar surface area (TPSA) is 66.4 Å². The molecule has 138 valence electrons. The van der Waals surface area contributed by atoms with Gasteiger partial charge in [0.25, 0.3) is 0 Å². The first-order valence-corrected chi connectivity index (χ1v) is 10.3. The minimum atomic E-state index is -3.50. The predicted octanol–water partition coefficient (Wildman–Crippen LogP) is 2.65. The molecule has 3 aromatic rings. The minimum Gasteiger partial charge on any atom is -0.353 e. The zero-order valence-electron chi connectivity index (χ0n) is 14.8. The molecule has 0 aliphatic carbocycles. The summed E-state index contributed by atoms with van der Waals surface area (Å²) in [6, 6.07) is 17.0. The molecule has 0 N–H and O–H groups in total. The summed E-state index contributed by atoms with van der Waals surface area (Å²) in [7, 11) is -3.50. The SMILES string of the molecule is O=S(=O)(c1ccc(-c2ccccc2)cc1)N1CCN(c2cnccn2)CC1. The van der Waals surface area contributed by atoms with Crippen LogP contribution in [0.4, 0.5) is 5.82 Å². The fourth-order valence-corrected chi connectivity index (χ4v) is 4.63. The van der Waals surface area contributed by atoms with E-state index < -0.39 is 10.0 Å². The molecule has 0 saturated carbocycles. The lowest BCUT2D eigenvalue weighted by Gasteiger charge is -2.34. The molecule has 0 spiro atoms. The summed E-state index contributed by atoms with van der Waals surface area (Å²) < 4.78 is 27.5. The quantitative estimate of drug-likeness (QED) is 0.696. The normalized spacial score (nSPS) is 15.6. The lowest BCUT2D eigenvalue weighted by Crippen LogP contribution is -2.48. The molecule has 1 aliphatic heterocycles. The Morgan fingerprint density at radius 1 is 0.778 bits per heavy atom. The smallest absolute Gasteiger partial charge is 0.243 e. The molecule has 0 unspecified atom stereocenters. The summed E-state index contributed by atoms with van der Waals surface area (Å²) in [5, 5.41) is 0. The molecule has 0 atom stereocenters. The van der Waals surface area contributed by atoms with Gasteiger partial charge in [0.1, 0.15) is 5.82 Å². The van der Waals surface area contributed by atoms with Gasteiger partial charge >= 0.3 is 0 Å². The summed E-state index contributed by atoms with van der Waals surface area (Å²) in [5.74, 6) is 0.779. The number of aromatic nitrogens is 2. The van der Waals surface area contributed by atoms with Crippen LogP contribution in [0.15, 0.2) is 78.1 Å². The molecule has 7 heteroatoms. The Balaban J connectivity index is 1.47. The van der Waals surface area contributed by atoms with Crippen molar-refractivity contribution in [2.75, 3.05) is 31.1 Å². The first kappa shape index (κ1) is 17.6. The van der Waals surface area contributed by atoms with Crippen LogP contribution in [0.3, 0.4) is 0 Å². The standard InChI is InChI=1S/C20H20N4O2S/c25-27(26,19-8-6-18(7-9-19)17-4-2-1-3-5-17)24-14-12-23(13-15-24)20-16-21-10-11-22-20/h1-11,16H,12-15H2. The van der Waals surface area contributed by atoms with Crippen molar-refractivity contribution in [1.82, 2.24) is 14.3 Å². The summed E-state index contributed by atoms with van der Waals surface area (Å²) in [4.78, 5) is 10.7. The first-order chi connectivity index (χ1) is 13.1. The van der Waals surface area contributed by atoms with Crippen molar-refractivity contribution in [1.29, 1.82) is 0 Å². The van der Waals surface area contributed by atoms with E-state index >= 15 is 0 Å². The zero-order chi connectivity index (χ0) is 18.7. The van der Waals surface area contributed by atoms with Crippen LogP contribution >= 0.6 is 0 Å². The van der Waals surface area contributed by atoms with E-state index in [4.69, 9.17) is 0 Å². The molecule has 1 fully saturated rings. The van der Waals surface area contributed by atoms with Crippen molar-refractivity contribution in [2.45, 2.75) is 4.90 Å². The zero-order valence-corrected chi connectivity index (χ0v) is 15.6. The van der Waals surface area contributed by atoms with Crippen molar-refractivity contribution < 1.29 is 8.42 Å². The molecule has 0 amide bonds. The number of hydrogen-bond acceptors (Lipinski definition) is 5. The molecule has 4 rings (SSSR count). The van der Waals surface area contributed by atoms with Gasteiger partial charge in [0.2, 0.25) is 10.0 Å². The highest BCUT2D eigenvalue weighted by atomic mass is 32.2. The maximum Gasteiger partial charge on any atom is 0.243 e. The van der Waals surface area contributed by atoms with E-state index in [0.29, 0.717) is 31.1 Å². The Morgan fingerprint density at radius 2 is 1.44 bits per heavy atom. The van der Waals surface area contributed by atoms with Crippen LogP contribution in [0.2, 0.25) is 0 Å². The molecule has 0 radical (unpaired) electrons. The van der Waals surface area contributed by atoms with Crippen LogP contribution < -0.4 is 4.90 Å². The van der Waals surface area contributed by atoms with E-state index in [0.717, 1.165) is 16.9 Å². The second-order valence-electron chi connectivity index (χ2n) is 6.35. The fraction of sp³-hybridized carbons (Fsp3) is 0.200. The van der Waals surface area contributed by atoms with Gasteiger partial charge in [-0.2, -0.15) is 4.31 Å². The van der Waals surface area contributed by atoms with E-state index in [2.05, 4.69) is 14.9 Å². The maximum atomic E-state index is 13.0. The Bertz CT molecular complexity index is 985. The van der Waals surface area contributed by atoms with Crippen molar-refractivity contribution in [3.8, 4) is 11.1 Å². The van der Waals surface area contributed by atoms with Crippen LogP contribution in [0, 0.1) is 0 Å². The van der Waals surface area contributed by atoms with Gasteiger partial charge in [-0.25, -0.2) is 13.4 Å². The number of sulfonamides is 1. The van der Waals surface area contributed by atoms with Gasteiger partial charge in [0.15, 0.2) is 0 Å². The average Bonchev–Trinajstić information content (AvgIpc) is 2.75. The molecule has 1 aromatic heterocycles. The van der Waals surface area contributed by atoms with Crippen LogP contribution in [0.1, 0.15) is 0 Å². The van der Waals surface area contributed by atoms with Crippen LogP contribution in [-0.4, -0.2) is 48.9 Å². The van der Waals surface area contributed by atoms with Gasteiger partial charge in [-0.15, -0.1) is 0 Å². The van der Waals surface area contributed by atoms with E-state index in [1.165, 1.54) is 4.31 Å². The third kappa shape index (κ3) is 3.70. The number of piperazine rings is 1. The predicted molar refractivity (Wildman–Crippen MR) is 105 cm³/mol. The number of nitrogens with zero attached hydrogens (tertiary/aromatic N) is 4. The second kappa shape index (κ2) is 7.46. The Hall–Kier alpha value is -2.77. The molecule has 1 aliphatic rings. The highest BCUT2D eigenvalue weighted by molar-refractivity contribution is 7.89. The summed E-state index contributed by atoms with van der Waals surface area (Å²) in [5.41, 5.74) is 2.07. The third-order valence-electron chi connectivity index (χ3n) is 4.71. The molecular formula is C20H20N4O2S. The number of benzene rings is 2. The van der Waals surface area contributed by atoms with Gasteiger partial charge in [-0.1, -0.05) is 42.5 Å². The Morgan fingerprint density at radius 3 is 2.07 bits per heavy atom. The van der Waals surface area contributed by atoms with Gasteiger partial charge < -0.3 is 4.90 Å². The van der Waals surface area contributed by atoms with Crippen molar-refractivity contribution in [3.63, 3.8) is 0 Å². The molecule has 6 nitrogen and oxygen atoms in total. The van der Waals surface area contributed by atoms with Gasteiger partial charge in [0.05, 0.1) is 11.1 Å². The van der Waals surface area contributed by atoms with E-state index in [1.807, 2.05) is 42.5 Å². The molecule has 1 saturated heterocycles. The largest absolute Gasteiger partial charge is 0.353 e. The van der Waals surface area contributed by atoms with E-state index in [1.54, 1.807) is 30.7 Å². The lowest BCUT2D eigenvalue weighted by atomic mass is 10.1. The first-order valence-electron chi connectivity index (χ1n) is 8.81. The molecule has 2 aromatic carbocycles. The average molecular weight is 380 g/mol. The van der Waals surface area contributed by atoms with Crippen LogP contribution in [-0.2, 0) is 10.0 Å². The van der Waals surface area contributed by atoms with E-state index in [9.17, 15) is 8.42 Å². The maximum absolute atomic E-state index is 13.0. The molecule has 27 heavy (non-hydrogen) atoms. The fourth-order valence-electron chi connectivity index (χ4n) is 3.21. The van der Waals surface area contributed by atoms with Crippen molar-refractivity contribution >= 4 is 15.8 Å². The number of anilines is 1. The van der Waals surface area contributed by atoms with Crippen LogP contribution in [0.5, 0.6) is 0 Å². The van der Waals surface area contributed by atoms with Gasteiger partial charge in [0, 0.05) is 38.6 Å². The highest BCUT2D eigenvalue weighted by Gasteiger charge is 2.28. The van der Waals surface area contributed by atoms with Gasteiger partial charge in [-0.05, 0) is 23.3 Å². The van der Waals surface area contributed by atoms with Gasteiger partial charge in [-0.3, -0.25) is 4.98 Å². The summed E-state index contributed by atoms with van der Waals surface area (Å²) in [6.45, 7) is 2.05. The van der Waals surface area contributed by atoms with Crippen molar-refractivity contribution in [2.24, 2.45) is 0 Å². The Labute approximate surface area is 159 Å². The molecule has 0 bridgehead atoms. The number of hydrogen-bond donors (Lipinski definition) is 0. The summed E-state index contributed by atoms with van der Waals surface area (Å²) >= 11 is 0. The van der Waals surface area contributed by atoms with Crippen molar-refractivity contribution in [3.05, 3.63) is 73.2 Å². The third-order valence-corrected chi connectivity index (χ3v) is 6.62. The lowest BCUT2D eigenvalue weighted by molar-refractivity contribution is 0.383. The Kier molecular flexibility index (Phi) is 4.87. The summed E-state index contributed by atoms with van der Waals surface area (Å²) in [6.07, 6.45) is 4.97.